The molecule has 0 saturated carbocycles. The molecule has 1 aromatic heterocycles. The molecular formula is C10H13N3. The third-order valence-corrected chi connectivity index (χ3v) is 2.98. The van der Waals surface area contributed by atoms with E-state index in [0.29, 0.717) is 6.04 Å². The van der Waals surface area contributed by atoms with Gasteiger partial charge in [0.2, 0.25) is 0 Å². The summed E-state index contributed by atoms with van der Waals surface area (Å²) >= 11 is 0. The van der Waals surface area contributed by atoms with Crippen molar-refractivity contribution < 1.29 is 0 Å². The van der Waals surface area contributed by atoms with Crippen LogP contribution in [0.25, 0.3) is 0 Å². The Kier molecular flexibility index (Phi) is 1.45. The third-order valence-electron chi connectivity index (χ3n) is 2.98. The van der Waals surface area contributed by atoms with Gasteiger partial charge in [0.25, 0.3) is 0 Å². The highest BCUT2D eigenvalue weighted by atomic mass is 15.3. The van der Waals surface area contributed by atoms with Gasteiger partial charge in [-0.1, -0.05) is 0 Å². The average Bonchev–Trinajstić information content (AvgIpc) is 2.65. The van der Waals surface area contributed by atoms with E-state index in [9.17, 15) is 0 Å². The number of rotatable bonds is 0. The van der Waals surface area contributed by atoms with Crippen LogP contribution in [0.5, 0.6) is 0 Å². The van der Waals surface area contributed by atoms with Crippen LogP contribution >= 0.6 is 0 Å². The first-order valence-electron chi connectivity index (χ1n) is 4.91. The highest BCUT2D eigenvalue weighted by Crippen LogP contribution is 2.33. The summed E-state index contributed by atoms with van der Waals surface area (Å²) in [5.41, 5.74) is 1.29. The number of hydrogen-bond acceptors (Lipinski definition) is 3. The second-order valence-electron chi connectivity index (χ2n) is 3.74. The van der Waals surface area contributed by atoms with Gasteiger partial charge in [-0.05, 0) is 25.0 Å². The van der Waals surface area contributed by atoms with Gasteiger partial charge in [-0.15, -0.1) is 0 Å². The van der Waals surface area contributed by atoms with Gasteiger partial charge < -0.3 is 10.2 Å². The number of fused-ring (bicyclic) bond motifs is 3. The number of nitrogens with one attached hydrogen (secondary N) is 1. The Morgan fingerprint density at radius 3 is 3.54 bits per heavy atom. The summed E-state index contributed by atoms with van der Waals surface area (Å²) in [5.74, 6) is 1.06. The summed E-state index contributed by atoms with van der Waals surface area (Å²) in [7, 11) is 0. The molecule has 3 heterocycles. The lowest BCUT2D eigenvalue weighted by atomic mass is 10.1. The second-order valence-corrected chi connectivity index (χ2v) is 3.74. The summed E-state index contributed by atoms with van der Waals surface area (Å²) in [6, 6.07) is 4.88. The zero-order valence-electron chi connectivity index (χ0n) is 7.53. The van der Waals surface area contributed by atoms with Gasteiger partial charge in [0, 0.05) is 25.3 Å². The number of hydrogen-bond donors (Lipinski definition) is 1. The van der Waals surface area contributed by atoms with Crippen LogP contribution in [-0.4, -0.2) is 24.1 Å². The Balaban J connectivity index is 2.06. The topological polar surface area (TPSA) is 28.2 Å². The van der Waals surface area contributed by atoms with Gasteiger partial charge in [-0.3, -0.25) is 0 Å². The summed E-state index contributed by atoms with van der Waals surface area (Å²) in [4.78, 5) is 6.81. The van der Waals surface area contributed by atoms with Crippen LogP contribution in [0.15, 0.2) is 18.3 Å². The molecule has 0 amide bonds. The maximum Gasteiger partial charge on any atom is 0.149 e. The molecule has 0 aromatic carbocycles. The van der Waals surface area contributed by atoms with E-state index in [2.05, 4.69) is 21.3 Å². The number of anilines is 2. The fourth-order valence-corrected chi connectivity index (χ4v) is 2.34. The molecule has 3 nitrogen and oxygen atoms in total. The first kappa shape index (κ1) is 7.18. The van der Waals surface area contributed by atoms with Gasteiger partial charge in [0.05, 0.1) is 5.69 Å². The van der Waals surface area contributed by atoms with Crippen molar-refractivity contribution >= 4 is 11.5 Å². The van der Waals surface area contributed by atoms with E-state index in [1.807, 2.05) is 12.3 Å². The molecule has 1 fully saturated rings. The maximum atomic E-state index is 4.33. The first-order valence-corrected chi connectivity index (χ1v) is 4.91. The van der Waals surface area contributed by atoms with E-state index >= 15 is 0 Å². The molecule has 0 spiro atoms. The molecule has 1 saturated heterocycles. The largest absolute Gasteiger partial charge is 0.366 e. The normalized spacial score (nSPS) is 24.9. The molecule has 0 bridgehead atoms. The van der Waals surface area contributed by atoms with Crippen LogP contribution in [-0.2, 0) is 0 Å². The fourth-order valence-electron chi connectivity index (χ4n) is 2.34. The van der Waals surface area contributed by atoms with E-state index in [-0.39, 0.29) is 0 Å². The zero-order valence-corrected chi connectivity index (χ0v) is 7.53. The Morgan fingerprint density at radius 1 is 1.54 bits per heavy atom. The standard InChI is InChI=1S/C10H13N3/c1-4-9-10(11-5-1)12-7-8-3-2-6-13(8)9/h1,4-5,8H,2-3,6-7H2,(H,11,12)/t8-/m0/s1. The molecule has 1 aromatic rings. The molecule has 2 aliphatic rings. The monoisotopic (exact) mass is 175 g/mol. The highest BCUT2D eigenvalue weighted by molar-refractivity contribution is 5.69. The van der Waals surface area contributed by atoms with Crippen molar-refractivity contribution in [2.45, 2.75) is 18.9 Å². The first-order chi connectivity index (χ1) is 6.45. The Hall–Kier alpha value is -1.25. The quantitative estimate of drug-likeness (QED) is 0.647. The molecule has 68 valence electrons. The van der Waals surface area contributed by atoms with Gasteiger partial charge in [-0.2, -0.15) is 0 Å². The smallest absolute Gasteiger partial charge is 0.149 e. The molecule has 2 aliphatic heterocycles. The number of nitrogens with zero attached hydrogens (tertiary/aromatic N) is 2. The minimum absolute atomic E-state index is 0.705. The summed E-state index contributed by atoms with van der Waals surface area (Å²) in [5, 5.41) is 3.38. The van der Waals surface area contributed by atoms with Gasteiger partial charge >= 0.3 is 0 Å². The van der Waals surface area contributed by atoms with E-state index in [4.69, 9.17) is 0 Å². The maximum absolute atomic E-state index is 4.33. The zero-order chi connectivity index (χ0) is 8.67. The van der Waals surface area contributed by atoms with Gasteiger partial charge in [-0.25, -0.2) is 4.98 Å². The van der Waals surface area contributed by atoms with Crippen LogP contribution in [0, 0.1) is 0 Å². The van der Waals surface area contributed by atoms with E-state index < -0.39 is 0 Å². The molecule has 3 rings (SSSR count). The van der Waals surface area contributed by atoms with Gasteiger partial charge in [0.15, 0.2) is 0 Å². The van der Waals surface area contributed by atoms with Crippen LogP contribution in [0.2, 0.25) is 0 Å². The Labute approximate surface area is 77.8 Å². The Bertz CT molecular complexity index is 324. The van der Waals surface area contributed by atoms with E-state index in [1.165, 1.54) is 25.1 Å². The molecule has 0 radical (unpaired) electrons. The van der Waals surface area contributed by atoms with Crippen LogP contribution in [0.1, 0.15) is 12.8 Å². The molecule has 1 atom stereocenters. The number of aromatic nitrogens is 1. The lowest BCUT2D eigenvalue weighted by molar-refractivity contribution is 0.679. The van der Waals surface area contributed by atoms with Crippen molar-refractivity contribution in [3.63, 3.8) is 0 Å². The van der Waals surface area contributed by atoms with E-state index in [0.717, 1.165) is 12.4 Å². The molecule has 3 heteroatoms. The predicted octanol–water partition coefficient (Wildman–Crippen LogP) is 1.48. The molecule has 0 unspecified atom stereocenters. The fraction of sp³-hybridized carbons (Fsp3) is 0.500. The Morgan fingerprint density at radius 2 is 2.54 bits per heavy atom. The van der Waals surface area contributed by atoms with Crippen molar-refractivity contribution in [3.8, 4) is 0 Å². The van der Waals surface area contributed by atoms with Crippen LogP contribution < -0.4 is 10.2 Å². The summed E-state index contributed by atoms with van der Waals surface area (Å²) in [6.45, 7) is 2.26. The minimum atomic E-state index is 0.705. The van der Waals surface area contributed by atoms with Crippen molar-refractivity contribution in [2.24, 2.45) is 0 Å². The van der Waals surface area contributed by atoms with Crippen LogP contribution in [0.4, 0.5) is 11.5 Å². The number of pyridine rings is 1. The molecule has 13 heavy (non-hydrogen) atoms. The summed E-state index contributed by atoms with van der Waals surface area (Å²) in [6.07, 6.45) is 4.49. The van der Waals surface area contributed by atoms with Crippen LogP contribution in [0.3, 0.4) is 0 Å². The average molecular weight is 175 g/mol. The SMILES string of the molecule is c1cnc2c(c1)N1CCC[C@H]1CN2. The second kappa shape index (κ2) is 2.62. The lowest BCUT2D eigenvalue weighted by Crippen LogP contribution is -2.39. The molecule has 1 N–H and O–H groups in total. The molecular weight excluding hydrogens is 162 g/mol. The van der Waals surface area contributed by atoms with E-state index in [1.54, 1.807) is 0 Å². The minimum Gasteiger partial charge on any atom is -0.366 e. The predicted molar refractivity (Wildman–Crippen MR) is 53.1 cm³/mol. The third kappa shape index (κ3) is 0.996. The van der Waals surface area contributed by atoms with Gasteiger partial charge in [0.1, 0.15) is 5.82 Å². The van der Waals surface area contributed by atoms with Crippen molar-refractivity contribution in [1.29, 1.82) is 0 Å². The summed E-state index contributed by atoms with van der Waals surface area (Å²) < 4.78 is 0. The highest BCUT2D eigenvalue weighted by Gasteiger charge is 2.29. The van der Waals surface area contributed by atoms with Crippen molar-refractivity contribution in [2.75, 3.05) is 23.3 Å². The lowest BCUT2D eigenvalue weighted by Gasteiger charge is -2.33. The van der Waals surface area contributed by atoms with Crippen molar-refractivity contribution in [1.82, 2.24) is 4.98 Å². The molecule has 0 aliphatic carbocycles. The van der Waals surface area contributed by atoms with Crippen molar-refractivity contribution in [3.05, 3.63) is 18.3 Å².